The molecule has 32 heavy (non-hydrogen) atoms. The van der Waals surface area contributed by atoms with Crippen LogP contribution in [-0.4, -0.2) is 49.0 Å². The largest absolute Gasteiger partial charge is 0.494 e. The van der Waals surface area contributed by atoms with Crippen molar-refractivity contribution in [2.45, 2.75) is 38.4 Å². The van der Waals surface area contributed by atoms with E-state index in [1.54, 1.807) is 31.2 Å². The van der Waals surface area contributed by atoms with Gasteiger partial charge in [-0.15, -0.1) is 0 Å². The van der Waals surface area contributed by atoms with Crippen LogP contribution in [0.1, 0.15) is 35.7 Å². The predicted octanol–water partition coefficient (Wildman–Crippen LogP) is 4.04. The van der Waals surface area contributed by atoms with Crippen molar-refractivity contribution < 1.29 is 18.7 Å². The summed E-state index contributed by atoms with van der Waals surface area (Å²) in [5, 5.41) is 6.09. The number of nitrogens with zero attached hydrogens (tertiary/aromatic N) is 1. The topological polar surface area (TPSA) is 70.7 Å². The number of rotatable bonds is 7. The second-order valence-electron chi connectivity index (χ2n) is 7.82. The zero-order valence-corrected chi connectivity index (χ0v) is 19.5. The predicted molar refractivity (Wildman–Crippen MR) is 123 cm³/mol. The Labute approximate surface area is 197 Å². The van der Waals surface area contributed by atoms with E-state index in [1.807, 2.05) is 6.07 Å². The van der Waals surface area contributed by atoms with Gasteiger partial charge in [-0.25, -0.2) is 4.39 Å². The summed E-state index contributed by atoms with van der Waals surface area (Å²) < 4.78 is 18.8. The molecule has 2 amide bonds. The van der Waals surface area contributed by atoms with Crippen LogP contribution >= 0.6 is 23.2 Å². The summed E-state index contributed by atoms with van der Waals surface area (Å²) in [5.41, 5.74) is 1.10. The van der Waals surface area contributed by atoms with Crippen LogP contribution in [0.15, 0.2) is 36.4 Å². The van der Waals surface area contributed by atoms with Gasteiger partial charge in [0.05, 0.1) is 22.7 Å². The lowest BCUT2D eigenvalue weighted by molar-refractivity contribution is -0.123. The SMILES string of the molecule is COc1ccc(CN2CCC(NC(=O)C(C)NC(=O)c3cccc(Cl)c3Cl)CC2)cc1F. The van der Waals surface area contributed by atoms with Crippen molar-refractivity contribution in [3.8, 4) is 5.75 Å². The maximum Gasteiger partial charge on any atom is 0.253 e. The monoisotopic (exact) mass is 481 g/mol. The first kappa shape index (κ1) is 24.3. The Bertz CT molecular complexity index is 981. The summed E-state index contributed by atoms with van der Waals surface area (Å²) in [6.07, 6.45) is 1.54. The first-order valence-electron chi connectivity index (χ1n) is 10.4. The summed E-state index contributed by atoms with van der Waals surface area (Å²) in [6, 6.07) is 9.03. The number of carbonyl (C=O) groups excluding carboxylic acids is 2. The van der Waals surface area contributed by atoms with E-state index in [2.05, 4.69) is 15.5 Å². The van der Waals surface area contributed by atoms with E-state index in [0.29, 0.717) is 6.54 Å². The molecule has 1 fully saturated rings. The van der Waals surface area contributed by atoms with Gasteiger partial charge >= 0.3 is 0 Å². The van der Waals surface area contributed by atoms with E-state index >= 15 is 0 Å². The fourth-order valence-corrected chi connectivity index (χ4v) is 4.03. The highest BCUT2D eigenvalue weighted by molar-refractivity contribution is 6.43. The second-order valence-corrected chi connectivity index (χ2v) is 8.61. The van der Waals surface area contributed by atoms with Crippen molar-refractivity contribution in [2.75, 3.05) is 20.2 Å². The van der Waals surface area contributed by atoms with E-state index in [0.717, 1.165) is 31.5 Å². The van der Waals surface area contributed by atoms with Gasteiger partial charge in [0.1, 0.15) is 6.04 Å². The van der Waals surface area contributed by atoms with Crippen LogP contribution in [0.5, 0.6) is 5.75 Å². The van der Waals surface area contributed by atoms with Gasteiger partial charge in [0, 0.05) is 25.7 Å². The van der Waals surface area contributed by atoms with E-state index in [-0.39, 0.29) is 39.1 Å². The fourth-order valence-electron chi connectivity index (χ4n) is 3.65. The molecule has 0 bridgehead atoms. The average molecular weight is 482 g/mol. The molecule has 2 aromatic rings. The molecule has 0 spiro atoms. The van der Waals surface area contributed by atoms with Crippen molar-refractivity contribution >= 4 is 35.0 Å². The molecule has 0 saturated carbocycles. The second kappa shape index (κ2) is 11.0. The lowest BCUT2D eigenvalue weighted by Crippen LogP contribution is -2.51. The number of hydrogen-bond donors (Lipinski definition) is 2. The van der Waals surface area contributed by atoms with Crippen LogP contribution in [0, 0.1) is 5.82 Å². The Morgan fingerprint density at radius 2 is 1.94 bits per heavy atom. The molecule has 6 nitrogen and oxygen atoms in total. The lowest BCUT2D eigenvalue weighted by Gasteiger charge is -2.33. The molecule has 1 unspecified atom stereocenters. The van der Waals surface area contributed by atoms with Crippen molar-refractivity contribution in [3.63, 3.8) is 0 Å². The maximum atomic E-state index is 13.9. The number of piperidine rings is 1. The highest BCUT2D eigenvalue weighted by Crippen LogP contribution is 2.25. The maximum absolute atomic E-state index is 13.9. The Balaban J connectivity index is 1.46. The fraction of sp³-hybridized carbons (Fsp3) is 0.391. The van der Waals surface area contributed by atoms with Gasteiger partial charge in [-0.2, -0.15) is 0 Å². The lowest BCUT2D eigenvalue weighted by atomic mass is 10.0. The number of halogens is 3. The molecule has 1 heterocycles. The number of ether oxygens (including phenoxy) is 1. The molecule has 3 rings (SSSR count). The normalized spacial score (nSPS) is 15.8. The van der Waals surface area contributed by atoms with Crippen molar-refractivity contribution in [1.29, 1.82) is 0 Å². The molecule has 2 aromatic carbocycles. The number of amides is 2. The average Bonchev–Trinajstić information content (AvgIpc) is 2.77. The molecule has 1 aliphatic heterocycles. The van der Waals surface area contributed by atoms with E-state index in [4.69, 9.17) is 27.9 Å². The van der Waals surface area contributed by atoms with Crippen LogP contribution in [0.3, 0.4) is 0 Å². The van der Waals surface area contributed by atoms with E-state index in [9.17, 15) is 14.0 Å². The van der Waals surface area contributed by atoms with Gasteiger partial charge < -0.3 is 15.4 Å². The van der Waals surface area contributed by atoms with E-state index < -0.39 is 11.9 Å². The van der Waals surface area contributed by atoms with Crippen molar-refractivity contribution in [3.05, 3.63) is 63.4 Å². The highest BCUT2D eigenvalue weighted by Gasteiger charge is 2.24. The third kappa shape index (κ3) is 6.12. The van der Waals surface area contributed by atoms with Gasteiger partial charge in [-0.1, -0.05) is 35.3 Å². The Kier molecular flexibility index (Phi) is 8.34. The van der Waals surface area contributed by atoms with Crippen LogP contribution in [-0.2, 0) is 11.3 Å². The summed E-state index contributed by atoms with van der Waals surface area (Å²) in [4.78, 5) is 27.2. The number of benzene rings is 2. The third-order valence-electron chi connectivity index (χ3n) is 5.49. The minimum absolute atomic E-state index is 0.0143. The first-order chi connectivity index (χ1) is 15.3. The van der Waals surface area contributed by atoms with E-state index in [1.165, 1.54) is 13.2 Å². The molecule has 172 valence electrons. The molecule has 0 radical (unpaired) electrons. The molecule has 1 atom stereocenters. The van der Waals surface area contributed by atoms with Gasteiger partial charge in [0.25, 0.3) is 5.91 Å². The third-order valence-corrected chi connectivity index (χ3v) is 6.31. The number of methoxy groups -OCH3 is 1. The number of nitrogens with one attached hydrogen (secondary N) is 2. The molecule has 2 N–H and O–H groups in total. The quantitative estimate of drug-likeness (QED) is 0.625. The van der Waals surface area contributed by atoms with Crippen LogP contribution < -0.4 is 15.4 Å². The molecule has 0 aliphatic carbocycles. The molecule has 1 saturated heterocycles. The van der Waals surface area contributed by atoms with Crippen LogP contribution in [0.4, 0.5) is 4.39 Å². The highest BCUT2D eigenvalue weighted by atomic mass is 35.5. The number of likely N-dealkylation sites (tertiary alicyclic amines) is 1. The minimum Gasteiger partial charge on any atom is -0.494 e. The summed E-state index contributed by atoms with van der Waals surface area (Å²) in [5.74, 6) is -0.856. The molecular weight excluding hydrogens is 456 g/mol. The van der Waals surface area contributed by atoms with Gasteiger partial charge in [0.2, 0.25) is 5.91 Å². The van der Waals surface area contributed by atoms with Crippen molar-refractivity contribution in [2.24, 2.45) is 0 Å². The zero-order chi connectivity index (χ0) is 23.3. The van der Waals surface area contributed by atoms with Gasteiger partial charge in [-0.3, -0.25) is 14.5 Å². The van der Waals surface area contributed by atoms with Crippen LogP contribution in [0.25, 0.3) is 0 Å². The molecule has 1 aliphatic rings. The molecular formula is C23H26Cl2FN3O3. The summed E-state index contributed by atoms with van der Waals surface area (Å²) in [6.45, 7) is 3.81. The van der Waals surface area contributed by atoms with Gasteiger partial charge in [-0.05, 0) is 49.6 Å². The zero-order valence-electron chi connectivity index (χ0n) is 18.0. The summed E-state index contributed by atoms with van der Waals surface area (Å²) in [7, 11) is 1.44. The smallest absolute Gasteiger partial charge is 0.253 e. The Hall–Kier alpha value is -2.35. The number of carbonyl (C=O) groups is 2. The molecule has 9 heteroatoms. The molecule has 0 aromatic heterocycles. The minimum atomic E-state index is -0.724. The Morgan fingerprint density at radius 3 is 2.59 bits per heavy atom. The van der Waals surface area contributed by atoms with Crippen molar-refractivity contribution in [1.82, 2.24) is 15.5 Å². The first-order valence-corrected chi connectivity index (χ1v) is 11.1. The van der Waals surface area contributed by atoms with Gasteiger partial charge in [0.15, 0.2) is 11.6 Å². The Morgan fingerprint density at radius 1 is 1.22 bits per heavy atom. The summed E-state index contributed by atoms with van der Waals surface area (Å²) >= 11 is 12.0. The standard InChI is InChI=1S/C23H26Cl2FN3O3/c1-14(27-23(31)17-4-3-5-18(24)21(17)25)22(30)28-16-8-10-29(11-9-16)13-15-6-7-20(32-2)19(26)12-15/h3-7,12,14,16H,8-11,13H2,1-2H3,(H,27,31)(H,28,30). The number of hydrogen-bond acceptors (Lipinski definition) is 4. The van der Waals surface area contributed by atoms with Crippen LogP contribution in [0.2, 0.25) is 10.0 Å².